The van der Waals surface area contributed by atoms with Gasteiger partial charge in [0.15, 0.2) is 0 Å². The van der Waals surface area contributed by atoms with Crippen molar-refractivity contribution in [2.45, 2.75) is 27.7 Å². The molecule has 6 heterocycles. The Morgan fingerprint density at radius 1 is 0.141 bits per heavy atom. The molecule has 3 aliphatic heterocycles. The first-order valence-corrected chi connectivity index (χ1v) is 47.7. The van der Waals surface area contributed by atoms with E-state index in [1.165, 1.54) is 37.0 Å². The number of imide groups is 3. The van der Waals surface area contributed by atoms with E-state index in [0.29, 0.717) is 67.5 Å². The first-order valence-electron chi connectivity index (χ1n) is 47.7. The number of anilines is 3. The van der Waals surface area contributed by atoms with E-state index >= 15 is 0 Å². The number of hydrogen-bond donors (Lipinski definition) is 0. The van der Waals surface area contributed by atoms with Crippen LogP contribution in [0.25, 0.3) is 171 Å². The van der Waals surface area contributed by atoms with Crippen LogP contribution in [0.15, 0.2) is 461 Å². The van der Waals surface area contributed by atoms with Crippen molar-refractivity contribution in [1.29, 1.82) is 0 Å². The molecule has 20 aromatic carbocycles. The van der Waals surface area contributed by atoms with Gasteiger partial charge in [-0.3, -0.25) is 28.8 Å². The second kappa shape index (κ2) is 35.4. The molecule has 142 heavy (non-hydrogen) atoms. The lowest BCUT2D eigenvalue weighted by Gasteiger charge is -2.19. The summed E-state index contributed by atoms with van der Waals surface area (Å²) in [6.45, 7) is 8.37. The summed E-state index contributed by atoms with van der Waals surface area (Å²) in [4.78, 5) is 90.0. The third-order valence-electron chi connectivity index (χ3n) is 27.9. The molecule has 0 aliphatic carbocycles. The van der Waals surface area contributed by atoms with Crippen LogP contribution in [0.5, 0.6) is 0 Å². The number of nitrogens with zero attached hydrogens (tertiary/aromatic N) is 6. The zero-order valence-corrected chi connectivity index (χ0v) is 78.0. The Bertz CT molecular complexity index is 9010. The van der Waals surface area contributed by atoms with E-state index in [1.807, 2.05) is 231 Å². The Balaban J connectivity index is 0.000000115. The fraction of sp³-hybridized carbons (Fsp3) is 0.0308. The Morgan fingerprint density at radius 3 is 0.683 bits per heavy atom. The first kappa shape index (κ1) is 86.1. The highest BCUT2D eigenvalue weighted by Crippen LogP contribution is 2.48. The maximum Gasteiger partial charge on any atom is 0.268 e. The number of aromatic nitrogens is 3. The highest BCUT2D eigenvalue weighted by Gasteiger charge is 2.44. The molecule has 0 N–H and O–H groups in total. The molecule has 674 valence electrons. The lowest BCUT2D eigenvalue weighted by molar-refractivity contribution is 0.0910. The fourth-order valence-corrected chi connectivity index (χ4v) is 20.9. The molecule has 0 bridgehead atoms. The molecular formula is C130H88N6O6. The molecular weight excluding hydrogens is 1740 g/mol. The van der Waals surface area contributed by atoms with Gasteiger partial charge in [0.25, 0.3) is 35.4 Å². The number of benzene rings is 20. The molecule has 26 rings (SSSR count). The minimum atomic E-state index is -0.331. The molecule has 0 atom stereocenters. The highest BCUT2D eigenvalue weighted by atomic mass is 16.2. The van der Waals surface area contributed by atoms with Crippen molar-refractivity contribution in [2.75, 3.05) is 14.7 Å². The van der Waals surface area contributed by atoms with Crippen LogP contribution < -0.4 is 14.7 Å². The van der Waals surface area contributed by atoms with E-state index in [1.54, 1.807) is 18.2 Å². The van der Waals surface area contributed by atoms with Crippen molar-refractivity contribution in [3.05, 3.63) is 517 Å². The summed E-state index contributed by atoms with van der Waals surface area (Å²) in [5.74, 6) is -1.93. The minimum absolute atomic E-state index is 0.312. The maximum atomic E-state index is 14.7. The van der Waals surface area contributed by atoms with Crippen molar-refractivity contribution in [2.24, 2.45) is 0 Å². The van der Waals surface area contributed by atoms with Crippen LogP contribution >= 0.6 is 0 Å². The summed E-state index contributed by atoms with van der Waals surface area (Å²) in [6, 6.07) is 155. The predicted molar refractivity (Wildman–Crippen MR) is 578 cm³/mol. The minimum Gasteiger partial charge on any atom is -0.308 e. The van der Waals surface area contributed by atoms with Crippen molar-refractivity contribution in [1.82, 2.24) is 13.7 Å². The number of carbonyl (C=O) groups is 6. The van der Waals surface area contributed by atoms with Gasteiger partial charge >= 0.3 is 0 Å². The first-order chi connectivity index (χ1) is 69.6. The van der Waals surface area contributed by atoms with Gasteiger partial charge in [-0.05, 0) is 209 Å². The van der Waals surface area contributed by atoms with Crippen LogP contribution in [0, 0.1) is 27.7 Å². The Labute approximate surface area is 820 Å². The number of carbonyl (C=O) groups excluding carboxylic acids is 6. The Hall–Kier alpha value is -18.8. The number of fused-ring (bicyclic) bond motifs is 12. The molecule has 0 unspecified atom stereocenters. The maximum absolute atomic E-state index is 14.7. The Kier molecular flexibility index (Phi) is 21.5. The molecule has 0 radical (unpaired) electrons. The van der Waals surface area contributed by atoms with Gasteiger partial charge in [0, 0.05) is 49.0 Å². The van der Waals surface area contributed by atoms with E-state index in [-0.39, 0.29) is 35.4 Å². The zero-order valence-electron chi connectivity index (χ0n) is 78.0. The van der Waals surface area contributed by atoms with Crippen LogP contribution in [-0.4, -0.2) is 49.1 Å². The van der Waals surface area contributed by atoms with Gasteiger partial charge in [0.1, 0.15) is 0 Å². The molecule has 3 aliphatic rings. The third-order valence-corrected chi connectivity index (χ3v) is 27.9. The van der Waals surface area contributed by atoms with Gasteiger partial charge in [0.05, 0.1) is 101 Å². The second-order valence-corrected chi connectivity index (χ2v) is 36.6. The van der Waals surface area contributed by atoms with Crippen molar-refractivity contribution >= 4 is 118 Å². The molecule has 23 aromatic rings. The van der Waals surface area contributed by atoms with Crippen LogP contribution in [0.4, 0.5) is 17.1 Å². The number of amides is 6. The third kappa shape index (κ3) is 14.8. The largest absolute Gasteiger partial charge is 0.308 e. The molecule has 0 fully saturated rings. The van der Waals surface area contributed by atoms with E-state index < -0.39 is 0 Å². The summed E-state index contributed by atoms with van der Waals surface area (Å²) < 4.78 is 6.45. The van der Waals surface area contributed by atoms with E-state index in [2.05, 4.69) is 254 Å². The average molecular weight is 1830 g/mol. The fourth-order valence-electron chi connectivity index (χ4n) is 20.9. The molecule has 3 aromatic heterocycles. The molecule has 0 spiro atoms. The average Bonchev–Trinajstić information content (AvgIpc) is 1.57. The van der Waals surface area contributed by atoms with Crippen LogP contribution in [0.1, 0.15) is 84.4 Å². The summed E-state index contributed by atoms with van der Waals surface area (Å²) in [6.07, 6.45) is 0. The van der Waals surface area contributed by atoms with Gasteiger partial charge < -0.3 is 13.7 Å². The summed E-state index contributed by atoms with van der Waals surface area (Å²) >= 11 is 0. The van der Waals surface area contributed by atoms with Gasteiger partial charge in [0.2, 0.25) is 0 Å². The summed E-state index contributed by atoms with van der Waals surface area (Å²) in [5, 5.41) is 6.48. The molecule has 12 nitrogen and oxygen atoms in total. The van der Waals surface area contributed by atoms with Crippen LogP contribution in [0.2, 0.25) is 0 Å². The predicted octanol–water partition coefficient (Wildman–Crippen LogP) is 31.3. The molecule has 0 saturated heterocycles. The highest BCUT2D eigenvalue weighted by molar-refractivity contribution is 6.39. The van der Waals surface area contributed by atoms with Gasteiger partial charge in [-0.1, -0.05) is 374 Å². The zero-order chi connectivity index (χ0) is 96.1. The standard InChI is InChI=1S/C46H32N2O2.C45H30N2O2.C39H26N2O2/c1-29-15-19-31(20-16-29)34-23-25-41-38(27-34)39-28-35(32-21-17-30(2)18-22-32)24-26-42(39)47(41)43-14-8-12-37-44(43)46(50)48(45(37)49)40-13-7-6-11-36(40)33-9-4-3-5-10-33;1-29-19-21-31(22-20-29)34-24-26-37-36-25-23-33(30-11-4-2-5-12-30)27-41(36)46(42(37)28-34)40-18-10-16-38-43(40)45(49)47(44(38)48)39-17-9-8-15-35(39)32-13-6-3-7-14-32;1-25-18-20-26(21-19-25)28-22-23-35-32(24-28)30-13-6-8-16-34(30)40(35)36-17-9-14-31-37(36)39(43)41(38(31)42)33-15-7-5-12-29(33)27-10-3-2-4-11-27/h3-28H,1-2H3;2-28H,1H3;2-24H,1H3. The second-order valence-electron chi connectivity index (χ2n) is 36.6. The van der Waals surface area contributed by atoms with Gasteiger partial charge in [-0.2, -0.15) is 0 Å². The summed E-state index contributed by atoms with van der Waals surface area (Å²) in [5.41, 5.74) is 33.4. The van der Waals surface area contributed by atoms with Gasteiger partial charge in [-0.15, -0.1) is 0 Å². The van der Waals surface area contributed by atoms with Crippen LogP contribution in [0.3, 0.4) is 0 Å². The van der Waals surface area contributed by atoms with Crippen LogP contribution in [-0.2, 0) is 0 Å². The van der Waals surface area contributed by atoms with E-state index in [4.69, 9.17) is 0 Å². The normalized spacial score (nSPS) is 12.7. The number of para-hydroxylation sites is 4. The number of hydrogen-bond acceptors (Lipinski definition) is 6. The topological polar surface area (TPSA) is 127 Å². The van der Waals surface area contributed by atoms with Crippen molar-refractivity contribution in [3.8, 4) is 106 Å². The molecule has 0 saturated carbocycles. The number of aryl methyl sites for hydroxylation is 4. The smallest absolute Gasteiger partial charge is 0.268 e. The Morgan fingerprint density at radius 2 is 0.359 bits per heavy atom. The summed E-state index contributed by atoms with van der Waals surface area (Å²) in [7, 11) is 0. The van der Waals surface area contributed by atoms with Gasteiger partial charge in [-0.25, -0.2) is 14.7 Å². The quantitative estimate of drug-likeness (QED) is 0.0998. The molecule has 6 amide bonds. The molecule has 12 heteroatoms. The van der Waals surface area contributed by atoms with Crippen molar-refractivity contribution < 1.29 is 28.8 Å². The van der Waals surface area contributed by atoms with E-state index in [0.717, 1.165) is 154 Å². The lowest BCUT2D eigenvalue weighted by atomic mass is 9.99. The van der Waals surface area contributed by atoms with E-state index in [9.17, 15) is 28.8 Å². The number of rotatable bonds is 14. The lowest BCUT2D eigenvalue weighted by Crippen LogP contribution is -2.30. The van der Waals surface area contributed by atoms with Crippen molar-refractivity contribution in [3.63, 3.8) is 0 Å². The SMILES string of the molecule is Cc1ccc(-c2ccc3c(c2)c2cc(-c4ccc(C)cc4)ccc2n3-c2cccc3c2C(=O)N(c2ccccc2-c2ccccc2)C3=O)cc1.Cc1ccc(-c2ccc3c(c2)c2ccccc2n3-c2cccc3c2C(=O)N(c2ccccc2-c2ccccc2)C3=O)cc1.Cc1ccc(-c2ccc3c4ccc(-c5ccccc5)cc4n(-c4cccc5c4C(=O)N(c4ccccc4-c4ccccc4)C5=O)c3c2)cc1. The monoisotopic (exact) mass is 1830 g/mol.